The monoisotopic (exact) mass is 381 g/mol. The number of thiophene rings is 1. The predicted molar refractivity (Wildman–Crippen MR) is 96.4 cm³/mol. The summed E-state index contributed by atoms with van der Waals surface area (Å²) in [5, 5.41) is 2.79. The molecule has 1 aromatic rings. The Balaban J connectivity index is 1.69. The maximum atomic E-state index is 12.7. The van der Waals surface area contributed by atoms with Crippen LogP contribution in [0.1, 0.15) is 30.6 Å². The van der Waals surface area contributed by atoms with Crippen molar-refractivity contribution in [2.24, 2.45) is 0 Å². The fourth-order valence-corrected chi connectivity index (χ4v) is 4.51. The molecule has 8 heteroatoms. The molecule has 0 aromatic carbocycles. The lowest BCUT2D eigenvalue weighted by Gasteiger charge is -2.24. The third-order valence-electron chi connectivity index (χ3n) is 4.67. The summed E-state index contributed by atoms with van der Waals surface area (Å²) >= 11 is 7.33. The molecule has 2 fully saturated rings. The number of nitrogens with one attached hydrogen (secondary N) is 1. The number of hydrogen-bond donors (Lipinski definition) is 1. The van der Waals surface area contributed by atoms with Gasteiger partial charge < -0.3 is 10.2 Å². The van der Waals surface area contributed by atoms with Crippen LogP contribution in [0.25, 0.3) is 0 Å². The van der Waals surface area contributed by atoms with E-state index in [0.717, 1.165) is 22.6 Å². The highest BCUT2D eigenvalue weighted by molar-refractivity contribution is 7.16. The van der Waals surface area contributed by atoms with Crippen molar-refractivity contribution in [2.45, 2.75) is 37.8 Å². The van der Waals surface area contributed by atoms with E-state index in [2.05, 4.69) is 11.9 Å². The number of imide groups is 1. The van der Waals surface area contributed by atoms with Crippen molar-refractivity contribution >= 4 is 40.8 Å². The van der Waals surface area contributed by atoms with Crippen LogP contribution >= 0.6 is 22.9 Å². The summed E-state index contributed by atoms with van der Waals surface area (Å²) in [7, 11) is 0. The highest BCUT2D eigenvalue weighted by atomic mass is 35.5. The number of halogens is 1. The lowest BCUT2D eigenvalue weighted by molar-refractivity contribution is -0.139. The van der Waals surface area contributed by atoms with Crippen LogP contribution in [0.4, 0.5) is 4.79 Å². The largest absolute Gasteiger partial charge is 0.332 e. The average molecular weight is 382 g/mol. The third-order valence-corrected chi connectivity index (χ3v) is 5.89. The summed E-state index contributed by atoms with van der Waals surface area (Å²) in [4.78, 5) is 41.1. The summed E-state index contributed by atoms with van der Waals surface area (Å²) in [6.45, 7) is 4.13. The molecule has 0 radical (unpaired) electrons. The Kier molecular flexibility index (Phi) is 5.15. The molecule has 6 nitrogen and oxygen atoms in total. The first-order chi connectivity index (χ1) is 11.9. The first kappa shape index (κ1) is 17.9. The number of rotatable bonds is 6. The predicted octanol–water partition coefficient (Wildman–Crippen LogP) is 2.78. The minimum absolute atomic E-state index is 0.251. The summed E-state index contributed by atoms with van der Waals surface area (Å²) in [5.74, 6) is -0.566. The van der Waals surface area contributed by atoms with Crippen molar-refractivity contribution in [3.8, 4) is 0 Å². The van der Waals surface area contributed by atoms with Crippen LogP contribution in [0.3, 0.4) is 0 Å². The van der Waals surface area contributed by atoms with Gasteiger partial charge in [-0.05, 0) is 25.0 Å². The highest BCUT2D eigenvalue weighted by Gasteiger charge is 2.52. The van der Waals surface area contributed by atoms with Gasteiger partial charge in [0.25, 0.3) is 5.91 Å². The SMILES string of the molecule is C=CCN(Cc1ccc(Cl)s1)C(=O)CN1C(=O)NC2(CCCC2)C1=O. The fourth-order valence-electron chi connectivity index (χ4n) is 3.41. The summed E-state index contributed by atoms with van der Waals surface area (Å²) in [5.41, 5.74) is -0.790. The van der Waals surface area contributed by atoms with Gasteiger partial charge in [-0.2, -0.15) is 0 Å². The van der Waals surface area contributed by atoms with Crippen molar-refractivity contribution in [3.05, 3.63) is 34.0 Å². The van der Waals surface area contributed by atoms with Crippen LogP contribution in [-0.4, -0.2) is 46.3 Å². The van der Waals surface area contributed by atoms with E-state index in [0.29, 0.717) is 30.3 Å². The molecule has 1 aliphatic carbocycles. The molecule has 1 N–H and O–H groups in total. The van der Waals surface area contributed by atoms with E-state index in [1.807, 2.05) is 6.07 Å². The first-order valence-corrected chi connectivity index (χ1v) is 9.41. The van der Waals surface area contributed by atoms with E-state index in [4.69, 9.17) is 11.6 Å². The number of carbonyl (C=O) groups excluding carboxylic acids is 3. The minimum atomic E-state index is -0.790. The Labute approximate surface area is 155 Å². The second-order valence-corrected chi connectivity index (χ2v) is 8.18. The second-order valence-electron chi connectivity index (χ2n) is 6.38. The van der Waals surface area contributed by atoms with Gasteiger partial charge in [-0.25, -0.2) is 4.79 Å². The van der Waals surface area contributed by atoms with E-state index in [1.54, 1.807) is 17.0 Å². The number of urea groups is 1. The minimum Gasteiger partial charge on any atom is -0.332 e. The Hall–Kier alpha value is -1.86. The Morgan fingerprint density at radius 2 is 2.12 bits per heavy atom. The molecule has 4 amide bonds. The van der Waals surface area contributed by atoms with Gasteiger partial charge in [-0.15, -0.1) is 17.9 Å². The molecule has 0 unspecified atom stereocenters. The normalized spacial score (nSPS) is 18.7. The zero-order valence-electron chi connectivity index (χ0n) is 13.8. The Morgan fingerprint density at radius 1 is 1.40 bits per heavy atom. The molecule has 1 saturated heterocycles. The summed E-state index contributed by atoms with van der Waals surface area (Å²) < 4.78 is 0.651. The number of hydrogen-bond acceptors (Lipinski definition) is 4. The van der Waals surface area contributed by atoms with Crippen LogP contribution in [0.15, 0.2) is 24.8 Å². The molecule has 2 aliphatic rings. The van der Waals surface area contributed by atoms with Crippen LogP contribution in [0.2, 0.25) is 4.34 Å². The number of nitrogens with zero attached hydrogens (tertiary/aromatic N) is 2. The van der Waals surface area contributed by atoms with Gasteiger partial charge in [-0.3, -0.25) is 14.5 Å². The molecule has 1 aromatic heterocycles. The van der Waals surface area contributed by atoms with Gasteiger partial charge in [0.1, 0.15) is 12.1 Å². The van der Waals surface area contributed by atoms with Crippen molar-refractivity contribution in [1.29, 1.82) is 0 Å². The quantitative estimate of drug-likeness (QED) is 0.608. The van der Waals surface area contributed by atoms with Crippen LogP contribution < -0.4 is 5.32 Å². The first-order valence-electron chi connectivity index (χ1n) is 8.22. The van der Waals surface area contributed by atoms with Gasteiger partial charge in [-0.1, -0.05) is 30.5 Å². The van der Waals surface area contributed by atoms with Crippen LogP contribution in [0, 0.1) is 0 Å². The second kappa shape index (κ2) is 7.17. The van der Waals surface area contributed by atoms with Crippen molar-refractivity contribution in [2.75, 3.05) is 13.1 Å². The fraction of sp³-hybridized carbons (Fsp3) is 0.471. The number of amides is 4. The van der Waals surface area contributed by atoms with Gasteiger partial charge in [0.15, 0.2) is 0 Å². The number of carbonyl (C=O) groups is 3. The maximum absolute atomic E-state index is 12.7. The molecule has 134 valence electrons. The van der Waals surface area contributed by atoms with Gasteiger partial charge >= 0.3 is 6.03 Å². The molecule has 3 rings (SSSR count). The van der Waals surface area contributed by atoms with E-state index in [9.17, 15) is 14.4 Å². The van der Waals surface area contributed by atoms with Gasteiger partial charge in [0.2, 0.25) is 5.91 Å². The van der Waals surface area contributed by atoms with Crippen molar-refractivity contribution in [1.82, 2.24) is 15.1 Å². The highest BCUT2D eigenvalue weighted by Crippen LogP contribution is 2.35. The zero-order chi connectivity index (χ0) is 18.0. The lowest BCUT2D eigenvalue weighted by atomic mass is 9.98. The molecular weight excluding hydrogens is 362 g/mol. The molecule has 25 heavy (non-hydrogen) atoms. The van der Waals surface area contributed by atoms with Crippen molar-refractivity contribution in [3.63, 3.8) is 0 Å². The molecule has 0 atom stereocenters. The lowest BCUT2D eigenvalue weighted by Crippen LogP contribution is -2.46. The average Bonchev–Trinajstić information content (AvgIpc) is 3.25. The summed E-state index contributed by atoms with van der Waals surface area (Å²) in [6, 6.07) is 3.16. The standard InChI is InChI=1S/C17H20ClN3O3S/c1-2-9-20(10-12-5-6-13(18)25-12)14(22)11-21-15(23)17(19-16(21)24)7-3-4-8-17/h2,5-6H,1,3-4,7-11H2,(H,19,24). The molecule has 1 spiro atoms. The maximum Gasteiger partial charge on any atom is 0.325 e. The molecule has 2 heterocycles. The van der Waals surface area contributed by atoms with E-state index >= 15 is 0 Å². The Bertz CT molecular complexity index is 712. The Morgan fingerprint density at radius 3 is 2.72 bits per heavy atom. The molecule has 0 bridgehead atoms. The van der Waals surface area contributed by atoms with Crippen LogP contribution in [0.5, 0.6) is 0 Å². The topological polar surface area (TPSA) is 69.7 Å². The van der Waals surface area contributed by atoms with E-state index in [1.165, 1.54) is 11.3 Å². The van der Waals surface area contributed by atoms with Crippen molar-refractivity contribution < 1.29 is 14.4 Å². The molecular formula is C17H20ClN3O3S. The third kappa shape index (κ3) is 3.57. The molecule has 1 aliphatic heterocycles. The summed E-state index contributed by atoms with van der Waals surface area (Å²) in [6.07, 6.45) is 4.74. The smallest absolute Gasteiger partial charge is 0.325 e. The van der Waals surface area contributed by atoms with Crippen LogP contribution in [-0.2, 0) is 16.1 Å². The van der Waals surface area contributed by atoms with E-state index in [-0.39, 0.29) is 18.4 Å². The van der Waals surface area contributed by atoms with Gasteiger partial charge in [0, 0.05) is 11.4 Å². The molecule has 1 saturated carbocycles. The van der Waals surface area contributed by atoms with E-state index < -0.39 is 11.6 Å². The van der Waals surface area contributed by atoms with Gasteiger partial charge in [0.05, 0.1) is 10.9 Å². The zero-order valence-corrected chi connectivity index (χ0v) is 15.4.